The number of rotatable bonds is 1. The Morgan fingerprint density at radius 3 is 2.41 bits per heavy atom. The highest BCUT2D eigenvalue weighted by atomic mass is 16.6. The minimum Gasteiger partial charge on any atom is -0.450 e. The van der Waals surface area contributed by atoms with Crippen LogP contribution in [0, 0.1) is 29.1 Å². The molecule has 0 aromatic heterocycles. The molecule has 0 aliphatic heterocycles. The molecular formula is C22H32O5. The number of ketones is 1. The summed E-state index contributed by atoms with van der Waals surface area (Å²) in [7, 11) is 0. The molecule has 2 N–H and O–H groups in total. The fraction of sp³-hybridized carbons (Fsp3) is 0.727. The summed E-state index contributed by atoms with van der Waals surface area (Å²) in [6.45, 7) is 11.1. The summed E-state index contributed by atoms with van der Waals surface area (Å²) in [6, 6.07) is 0. The molecule has 150 valence electrons. The molecule has 3 aliphatic rings. The van der Waals surface area contributed by atoms with Crippen molar-refractivity contribution in [1.82, 2.24) is 0 Å². The average molecular weight is 376 g/mol. The maximum atomic E-state index is 13.5. The van der Waals surface area contributed by atoms with Crippen molar-refractivity contribution in [3.63, 3.8) is 0 Å². The van der Waals surface area contributed by atoms with Crippen molar-refractivity contribution in [3.05, 3.63) is 23.3 Å². The number of carbonyl (C=O) groups excluding carboxylic acids is 2. The van der Waals surface area contributed by atoms with E-state index in [1.807, 2.05) is 19.9 Å². The maximum Gasteiger partial charge on any atom is 0.303 e. The van der Waals surface area contributed by atoms with Gasteiger partial charge in [0.05, 0.1) is 18.1 Å². The van der Waals surface area contributed by atoms with Gasteiger partial charge < -0.3 is 14.9 Å². The van der Waals surface area contributed by atoms with Gasteiger partial charge in [-0.2, -0.15) is 0 Å². The lowest BCUT2D eigenvalue weighted by atomic mass is 9.81. The Hall–Kier alpha value is -1.46. The van der Waals surface area contributed by atoms with E-state index in [-0.39, 0.29) is 29.5 Å². The summed E-state index contributed by atoms with van der Waals surface area (Å²) < 4.78 is 5.67. The third kappa shape index (κ3) is 3.19. The summed E-state index contributed by atoms with van der Waals surface area (Å²) in [5.74, 6) is -1.12. The van der Waals surface area contributed by atoms with Gasteiger partial charge in [0, 0.05) is 13.3 Å². The lowest BCUT2D eigenvalue weighted by Crippen LogP contribution is -2.48. The molecule has 0 spiro atoms. The standard InChI is InChI=1S/C22H32O5/c1-11-7-17-19(25)13(3)10-22(17,27-14(4)23)20(26)12(2)8-15-16(9-18(11)24)21(15,5)6/h7-8,13,15-19,24-25H,9-10H2,1-6H3/b11-7+,12-8+/t13-,15+,16+,17-,18+,19-,22+/m0/s1. The molecule has 7 atom stereocenters. The van der Waals surface area contributed by atoms with Crippen LogP contribution < -0.4 is 0 Å². The van der Waals surface area contributed by atoms with Gasteiger partial charge in [0.1, 0.15) is 0 Å². The Balaban J connectivity index is 2.15. The van der Waals surface area contributed by atoms with Crippen LogP contribution in [0.3, 0.4) is 0 Å². The highest BCUT2D eigenvalue weighted by Gasteiger charge is 2.60. The summed E-state index contributed by atoms with van der Waals surface area (Å²) in [4.78, 5) is 25.4. The zero-order valence-electron chi connectivity index (χ0n) is 17.2. The zero-order chi connectivity index (χ0) is 20.3. The van der Waals surface area contributed by atoms with E-state index in [4.69, 9.17) is 4.74 Å². The number of fused-ring (bicyclic) bond motifs is 2. The van der Waals surface area contributed by atoms with Crippen LogP contribution in [0.25, 0.3) is 0 Å². The van der Waals surface area contributed by atoms with Crippen LogP contribution in [0.5, 0.6) is 0 Å². The van der Waals surface area contributed by atoms with Crippen LogP contribution >= 0.6 is 0 Å². The molecule has 0 saturated heterocycles. The maximum absolute atomic E-state index is 13.5. The largest absolute Gasteiger partial charge is 0.450 e. The number of hydrogen-bond donors (Lipinski definition) is 2. The predicted molar refractivity (Wildman–Crippen MR) is 102 cm³/mol. The van der Waals surface area contributed by atoms with E-state index < -0.39 is 29.7 Å². The van der Waals surface area contributed by atoms with Crippen molar-refractivity contribution in [2.24, 2.45) is 29.1 Å². The minimum atomic E-state index is -1.41. The van der Waals surface area contributed by atoms with Crippen LogP contribution in [0.2, 0.25) is 0 Å². The SMILES string of the molecule is CC(=O)O[C@]12C[C@H](C)[C@H](O)[C@@H]1/C=C(\C)[C@H](O)C[C@@H]1[C@@H](/C=C(\C)C2=O)C1(C)C. The molecule has 3 rings (SSSR count). The van der Waals surface area contributed by atoms with Crippen LogP contribution in [-0.4, -0.2) is 39.8 Å². The molecule has 27 heavy (non-hydrogen) atoms. The third-order valence-electron chi connectivity index (χ3n) is 7.20. The molecule has 0 amide bonds. The van der Waals surface area contributed by atoms with E-state index in [1.165, 1.54) is 6.92 Å². The number of ether oxygens (including phenoxy) is 1. The Bertz CT molecular complexity index is 718. The Labute approximate surface area is 161 Å². The third-order valence-corrected chi connectivity index (χ3v) is 7.20. The van der Waals surface area contributed by atoms with Crippen molar-refractivity contribution < 1.29 is 24.5 Å². The summed E-state index contributed by atoms with van der Waals surface area (Å²) in [5, 5.41) is 21.5. The minimum absolute atomic E-state index is 0.0263. The van der Waals surface area contributed by atoms with E-state index >= 15 is 0 Å². The molecule has 2 saturated carbocycles. The predicted octanol–water partition coefficient (Wildman–Crippen LogP) is 2.80. The van der Waals surface area contributed by atoms with Gasteiger partial charge in [-0.3, -0.25) is 9.59 Å². The summed E-state index contributed by atoms with van der Waals surface area (Å²) in [6.07, 6.45) is 3.20. The van der Waals surface area contributed by atoms with E-state index in [1.54, 1.807) is 13.0 Å². The van der Waals surface area contributed by atoms with Gasteiger partial charge in [-0.15, -0.1) is 0 Å². The first-order valence-electron chi connectivity index (χ1n) is 9.89. The first-order valence-corrected chi connectivity index (χ1v) is 9.89. The highest BCUT2D eigenvalue weighted by molar-refractivity contribution is 6.03. The molecular weight excluding hydrogens is 344 g/mol. The Morgan fingerprint density at radius 1 is 1.19 bits per heavy atom. The van der Waals surface area contributed by atoms with Crippen molar-refractivity contribution in [3.8, 4) is 0 Å². The van der Waals surface area contributed by atoms with Crippen molar-refractivity contribution in [1.29, 1.82) is 0 Å². The van der Waals surface area contributed by atoms with Crippen LogP contribution in [0.1, 0.15) is 54.4 Å². The average Bonchev–Trinajstić information content (AvgIpc) is 2.97. The molecule has 0 heterocycles. The van der Waals surface area contributed by atoms with E-state index in [0.717, 1.165) is 5.57 Å². The van der Waals surface area contributed by atoms with Gasteiger partial charge in [-0.25, -0.2) is 0 Å². The monoisotopic (exact) mass is 376 g/mol. The Morgan fingerprint density at radius 2 is 1.81 bits per heavy atom. The van der Waals surface area contributed by atoms with Gasteiger partial charge in [0.25, 0.3) is 0 Å². The zero-order valence-corrected chi connectivity index (χ0v) is 17.2. The highest BCUT2D eigenvalue weighted by Crippen LogP contribution is 2.62. The fourth-order valence-electron chi connectivity index (χ4n) is 5.32. The number of hydrogen-bond acceptors (Lipinski definition) is 5. The second kappa shape index (κ2) is 6.56. The molecule has 0 radical (unpaired) electrons. The number of allylic oxidation sites excluding steroid dienone is 1. The van der Waals surface area contributed by atoms with E-state index in [9.17, 15) is 19.8 Å². The quantitative estimate of drug-likeness (QED) is 0.543. The fourth-order valence-corrected chi connectivity index (χ4v) is 5.32. The first kappa shape index (κ1) is 20.3. The van der Waals surface area contributed by atoms with Gasteiger partial charge in [0.15, 0.2) is 5.60 Å². The molecule has 0 aromatic carbocycles. The normalized spacial score (nSPS) is 47.5. The van der Waals surface area contributed by atoms with Crippen LogP contribution in [0.15, 0.2) is 23.3 Å². The number of carbonyl (C=O) groups is 2. The van der Waals surface area contributed by atoms with Gasteiger partial charge in [-0.05, 0) is 54.6 Å². The van der Waals surface area contributed by atoms with Gasteiger partial charge in [0.2, 0.25) is 5.78 Å². The van der Waals surface area contributed by atoms with E-state index in [0.29, 0.717) is 17.9 Å². The number of aliphatic hydroxyl groups excluding tert-OH is 2. The smallest absolute Gasteiger partial charge is 0.303 e. The van der Waals surface area contributed by atoms with Gasteiger partial charge in [-0.1, -0.05) is 32.9 Å². The lowest BCUT2D eigenvalue weighted by molar-refractivity contribution is -0.168. The summed E-state index contributed by atoms with van der Waals surface area (Å²) in [5.41, 5.74) is -0.0899. The molecule has 0 bridgehead atoms. The van der Waals surface area contributed by atoms with E-state index in [2.05, 4.69) is 13.8 Å². The van der Waals surface area contributed by atoms with Crippen molar-refractivity contribution >= 4 is 11.8 Å². The van der Waals surface area contributed by atoms with Crippen molar-refractivity contribution in [2.45, 2.75) is 72.2 Å². The lowest BCUT2D eigenvalue weighted by Gasteiger charge is -2.33. The number of esters is 1. The van der Waals surface area contributed by atoms with Crippen LogP contribution in [0.4, 0.5) is 0 Å². The number of aliphatic hydroxyl groups is 2. The molecule has 5 nitrogen and oxygen atoms in total. The van der Waals surface area contributed by atoms with Gasteiger partial charge >= 0.3 is 5.97 Å². The number of Topliss-reactive ketones (excluding diaryl/α,β-unsaturated/α-hetero) is 1. The molecule has 0 aromatic rings. The molecule has 3 aliphatic carbocycles. The first-order chi connectivity index (χ1) is 12.4. The topological polar surface area (TPSA) is 83.8 Å². The second-order valence-corrected chi connectivity index (χ2v) is 9.48. The Kier molecular flexibility index (Phi) is 4.92. The molecule has 2 fully saturated rings. The molecule has 0 unspecified atom stereocenters. The van der Waals surface area contributed by atoms with Crippen LogP contribution in [-0.2, 0) is 14.3 Å². The second-order valence-electron chi connectivity index (χ2n) is 9.48. The van der Waals surface area contributed by atoms with Crippen molar-refractivity contribution in [2.75, 3.05) is 0 Å². The molecule has 5 heteroatoms. The summed E-state index contributed by atoms with van der Waals surface area (Å²) >= 11 is 0.